The lowest BCUT2D eigenvalue weighted by Gasteiger charge is -2.30. The maximum absolute atomic E-state index is 9.34. The van der Waals surface area contributed by atoms with Crippen LogP contribution in [0.15, 0.2) is 12.5 Å². The molecule has 1 saturated carbocycles. The molecule has 0 aromatic carbocycles. The fourth-order valence-corrected chi connectivity index (χ4v) is 2.51. The zero-order valence-electron chi connectivity index (χ0n) is 9.97. The second-order valence-corrected chi connectivity index (χ2v) is 4.69. The van der Waals surface area contributed by atoms with Gasteiger partial charge in [-0.25, -0.2) is 9.97 Å². The highest BCUT2D eigenvalue weighted by molar-refractivity contribution is 5.58. The van der Waals surface area contributed by atoms with Gasteiger partial charge in [0, 0.05) is 13.2 Å². The van der Waals surface area contributed by atoms with Gasteiger partial charge < -0.3 is 16.2 Å². The van der Waals surface area contributed by atoms with Crippen LogP contribution < -0.4 is 11.1 Å². The number of nitrogens with zero attached hydrogens (tertiary/aromatic N) is 2. The zero-order valence-corrected chi connectivity index (χ0v) is 9.97. The minimum Gasteiger partial charge on any atom is -0.396 e. The molecule has 0 spiro atoms. The van der Waals surface area contributed by atoms with Gasteiger partial charge in [0.1, 0.15) is 6.33 Å². The molecule has 1 aliphatic carbocycles. The summed E-state index contributed by atoms with van der Waals surface area (Å²) in [6.07, 6.45) is 7.87. The molecule has 1 heterocycles. The molecular formula is C12H20N4O. The van der Waals surface area contributed by atoms with Crippen molar-refractivity contribution in [2.45, 2.75) is 25.7 Å². The minimum absolute atomic E-state index is 0.283. The summed E-state index contributed by atoms with van der Waals surface area (Å²) in [5.74, 6) is 1.63. The number of anilines is 2. The van der Waals surface area contributed by atoms with E-state index in [2.05, 4.69) is 15.3 Å². The average molecular weight is 236 g/mol. The van der Waals surface area contributed by atoms with Crippen LogP contribution >= 0.6 is 0 Å². The number of rotatable bonds is 4. The van der Waals surface area contributed by atoms with Crippen LogP contribution in [0.4, 0.5) is 11.5 Å². The van der Waals surface area contributed by atoms with Crippen LogP contribution in [-0.4, -0.2) is 28.2 Å². The number of aliphatic hydroxyl groups is 1. The van der Waals surface area contributed by atoms with Crippen molar-refractivity contribution < 1.29 is 5.11 Å². The molecular weight excluding hydrogens is 216 g/mol. The third-order valence-corrected chi connectivity index (χ3v) is 3.57. The van der Waals surface area contributed by atoms with E-state index in [9.17, 15) is 5.11 Å². The first-order valence-electron chi connectivity index (χ1n) is 6.21. The third-order valence-electron chi connectivity index (χ3n) is 3.57. The largest absolute Gasteiger partial charge is 0.396 e. The zero-order chi connectivity index (χ0) is 12.1. The Kier molecular flexibility index (Phi) is 4.14. The van der Waals surface area contributed by atoms with Crippen molar-refractivity contribution in [1.82, 2.24) is 9.97 Å². The van der Waals surface area contributed by atoms with Crippen LogP contribution in [0.3, 0.4) is 0 Å². The SMILES string of the molecule is Nc1cncnc1NCC1CCCCC1CO. The molecule has 0 radical (unpaired) electrons. The van der Waals surface area contributed by atoms with Crippen molar-refractivity contribution in [2.75, 3.05) is 24.2 Å². The van der Waals surface area contributed by atoms with Crippen LogP contribution in [0.25, 0.3) is 0 Å². The van der Waals surface area contributed by atoms with Crippen molar-refractivity contribution in [3.8, 4) is 0 Å². The quantitative estimate of drug-likeness (QED) is 0.733. The number of nitrogen functional groups attached to an aromatic ring is 1. The molecule has 17 heavy (non-hydrogen) atoms. The predicted octanol–water partition coefficient (Wildman–Crippen LogP) is 1.27. The Morgan fingerprint density at radius 3 is 2.82 bits per heavy atom. The van der Waals surface area contributed by atoms with Gasteiger partial charge in [-0.05, 0) is 24.7 Å². The summed E-state index contributed by atoms with van der Waals surface area (Å²) >= 11 is 0. The Hall–Kier alpha value is -1.36. The standard InChI is InChI=1S/C12H20N4O/c13-11-6-14-8-16-12(11)15-5-9-3-1-2-4-10(9)7-17/h6,8-10,17H,1-5,7,13H2,(H,14,15,16). The first-order valence-corrected chi connectivity index (χ1v) is 6.21. The summed E-state index contributed by atoms with van der Waals surface area (Å²) in [7, 11) is 0. The Balaban J connectivity index is 1.90. The van der Waals surface area contributed by atoms with Crippen LogP contribution in [0.5, 0.6) is 0 Å². The van der Waals surface area contributed by atoms with E-state index in [1.165, 1.54) is 25.6 Å². The van der Waals surface area contributed by atoms with Gasteiger partial charge >= 0.3 is 0 Å². The molecule has 1 aliphatic rings. The first kappa shape index (κ1) is 12.1. The van der Waals surface area contributed by atoms with Crippen LogP contribution in [0, 0.1) is 11.8 Å². The van der Waals surface area contributed by atoms with E-state index in [4.69, 9.17) is 5.73 Å². The van der Waals surface area contributed by atoms with Crippen molar-refractivity contribution in [1.29, 1.82) is 0 Å². The number of aliphatic hydroxyl groups excluding tert-OH is 1. The number of hydrogen-bond donors (Lipinski definition) is 3. The molecule has 94 valence electrons. The van der Waals surface area contributed by atoms with Gasteiger partial charge in [0.05, 0.1) is 11.9 Å². The maximum atomic E-state index is 9.34. The van der Waals surface area contributed by atoms with Crippen molar-refractivity contribution in [2.24, 2.45) is 11.8 Å². The van der Waals surface area contributed by atoms with Crippen molar-refractivity contribution in [3.05, 3.63) is 12.5 Å². The Morgan fingerprint density at radius 2 is 2.12 bits per heavy atom. The highest BCUT2D eigenvalue weighted by Crippen LogP contribution is 2.30. The van der Waals surface area contributed by atoms with Gasteiger partial charge in [0.2, 0.25) is 0 Å². The van der Waals surface area contributed by atoms with E-state index in [-0.39, 0.29) is 6.61 Å². The molecule has 2 unspecified atom stereocenters. The summed E-state index contributed by atoms with van der Waals surface area (Å²) in [5.41, 5.74) is 6.34. The van der Waals surface area contributed by atoms with E-state index in [0.717, 1.165) is 13.0 Å². The second-order valence-electron chi connectivity index (χ2n) is 4.69. The smallest absolute Gasteiger partial charge is 0.152 e. The molecule has 4 N–H and O–H groups in total. The van der Waals surface area contributed by atoms with Gasteiger partial charge in [-0.2, -0.15) is 0 Å². The third kappa shape index (κ3) is 3.06. The normalized spacial score (nSPS) is 24.5. The molecule has 1 aromatic heterocycles. The summed E-state index contributed by atoms with van der Waals surface area (Å²) in [6.45, 7) is 1.11. The molecule has 0 saturated heterocycles. The summed E-state index contributed by atoms with van der Waals surface area (Å²) in [5, 5.41) is 12.6. The molecule has 0 amide bonds. The van der Waals surface area contributed by atoms with Crippen LogP contribution in [-0.2, 0) is 0 Å². The molecule has 1 aromatic rings. The van der Waals surface area contributed by atoms with E-state index in [0.29, 0.717) is 23.3 Å². The van der Waals surface area contributed by atoms with E-state index in [1.807, 2.05) is 0 Å². The molecule has 5 heteroatoms. The fourth-order valence-electron chi connectivity index (χ4n) is 2.51. The van der Waals surface area contributed by atoms with Gasteiger partial charge in [0.15, 0.2) is 5.82 Å². The molecule has 0 aliphatic heterocycles. The lowest BCUT2D eigenvalue weighted by Crippen LogP contribution is -2.29. The lowest BCUT2D eigenvalue weighted by molar-refractivity contribution is 0.141. The average Bonchev–Trinajstić information content (AvgIpc) is 2.38. The number of nitrogens with two attached hydrogens (primary N) is 1. The maximum Gasteiger partial charge on any atom is 0.152 e. The summed E-state index contributed by atoms with van der Waals surface area (Å²) in [4.78, 5) is 7.96. The predicted molar refractivity (Wildman–Crippen MR) is 67.5 cm³/mol. The monoisotopic (exact) mass is 236 g/mol. The topological polar surface area (TPSA) is 84.1 Å². The molecule has 2 atom stereocenters. The Labute approximate surface area is 101 Å². The minimum atomic E-state index is 0.283. The molecule has 1 fully saturated rings. The Morgan fingerprint density at radius 1 is 1.35 bits per heavy atom. The number of hydrogen-bond acceptors (Lipinski definition) is 5. The first-order chi connectivity index (χ1) is 8.31. The number of nitrogens with one attached hydrogen (secondary N) is 1. The van der Waals surface area contributed by atoms with E-state index < -0.39 is 0 Å². The molecule has 5 nitrogen and oxygen atoms in total. The van der Waals surface area contributed by atoms with Gasteiger partial charge in [-0.15, -0.1) is 0 Å². The molecule has 0 bridgehead atoms. The highest BCUT2D eigenvalue weighted by atomic mass is 16.3. The van der Waals surface area contributed by atoms with Crippen molar-refractivity contribution >= 4 is 11.5 Å². The second kappa shape index (κ2) is 5.82. The fraction of sp³-hybridized carbons (Fsp3) is 0.667. The molecule has 2 rings (SSSR count). The van der Waals surface area contributed by atoms with Crippen LogP contribution in [0.1, 0.15) is 25.7 Å². The Bertz CT molecular complexity index is 358. The number of aromatic nitrogens is 2. The van der Waals surface area contributed by atoms with Gasteiger partial charge in [-0.1, -0.05) is 12.8 Å². The summed E-state index contributed by atoms with van der Waals surface area (Å²) < 4.78 is 0. The van der Waals surface area contributed by atoms with E-state index in [1.54, 1.807) is 6.20 Å². The van der Waals surface area contributed by atoms with Gasteiger partial charge in [0.25, 0.3) is 0 Å². The van der Waals surface area contributed by atoms with Gasteiger partial charge in [-0.3, -0.25) is 0 Å². The highest BCUT2D eigenvalue weighted by Gasteiger charge is 2.24. The summed E-state index contributed by atoms with van der Waals surface area (Å²) in [6, 6.07) is 0. The lowest BCUT2D eigenvalue weighted by atomic mass is 9.79. The van der Waals surface area contributed by atoms with Crippen LogP contribution in [0.2, 0.25) is 0 Å². The van der Waals surface area contributed by atoms with E-state index >= 15 is 0 Å². The van der Waals surface area contributed by atoms with Crippen molar-refractivity contribution in [3.63, 3.8) is 0 Å².